The Kier molecular flexibility index (Phi) is 4.08. The highest BCUT2D eigenvalue weighted by atomic mass is 79.9. The van der Waals surface area contributed by atoms with E-state index in [0.29, 0.717) is 15.9 Å². The maximum Gasteiger partial charge on any atom is 0.284 e. The summed E-state index contributed by atoms with van der Waals surface area (Å²) in [5, 5.41) is 17.8. The molecule has 8 heteroatoms. The Hall–Kier alpha value is -2.22. The number of benzene rings is 1. The van der Waals surface area contributed by atoms with Crippen LogP contribution in [0.15, 0.2) is 22.7 Å². The number of nitro groups is 1. The van der Waals surface area contributed by atoms with Gasteiger partial charge in [0.1, 0.15) is 0 Å². The predicted octanol–water partition coefficient (Wildman–Crippen LogP) is 2.96. The van der Waals surface area contributed by atoms with Crippen LogP contribution in [0.25, 0.3) is 0 Å². The number of nitrogens with zero attached hydrogens (tertiary/aromatic N) is 3. The van der Waals surface area contributed by atoms with E-state index in [2.05, 4.69) is 26.3 Å². The standard InChI is InChI=1S/C13H13BrN4O3/c1-7-12(8(2)17(3)16-7)15-13(19)9-4-5-10(14)11(6-9)18(20)21/h4-6H,1-3H3,(H,15,19). The first-order chi connectivity index (χ1) is 9.81. The molecule has 0 unspecified atom stereocenters. The molecular formula is C13H13BrN4O3. The quantitative estimate of drug-likeness (QED) is 0.679. The number of amides is 1. The molecule has 0 aliphatic carbocycles. The first-order valence-corrected chi connectivity index (χ1v) is 6.86. The molecule has 1 heterocycles. The van der Waals surface area contributed by atoms with Gasteiger partial charge in [0.2, 0.25) is 0 Å². The maximum absolute atomic E-state index is 12.2. The third kappa shape index (κ3) is 2.94. The van der Waals surface area contributed by atoms with Crippen LogP contribution in [0.5, 0.6) is 0 Å². The summed E-state index contributed by atoms with van der Waals surface area (Å²) in [6, 6.07) is 4.24. The van der Waals surface area contributed by atoms with Gasteiger partial charge in [0.25, 0.3) is 11.6 Å². The topological polar surface area (TPSA) is 90.1 Å². The van der Waals surface area contributed by atoms with E-state index >= 15 is 0 Å². The minimum Gasteiger partial charge on any atom is -0.319 e. The third-order valence-corrected chi connectivity index (χ3v) is 3.82. The van der Waals surface area contributed by atoms with E-state index < -0.39 is 10.8 Å². The summed E-state index contributed by atoms with van der Waals surface area (Å²) in [6.45, 7) is 3.62. The number of hydrogen-bond donors (Lipinski definition) is 1. The Morgan fingerprint density at radius 3 is 2.62 bits per heavy atom. The summed E-state index contributed by atoms with van der Waals surface area (Å²) < 4.78 is 1.99. The SMILES string of the molecule is Cc1nn(C)c(C)c1NC(=O)c1ccc(Br)c([N+](=O)[O-])c1. The molecule has 0 fully saturated rings. The van der Waals surface area contributed by atoms with Gasteiger partial charge in [-0.25, -0.2) is 0 Å². The van der Waals surface area contributed by atoms with Crippen LogP contribution in [-0.4, -0.2) is 20.6 Å². The molecule has 0 saturated heterocycles. The number of rotatable bonds is 3. The summed E-state index contributed by atoms with van der Waals surface area (Å²) in [4.78, 5) is 22.6. The molecule has 2 aromatic rings. The number of nitrogens with one attached hydrogen (secondary N) is 1. The molecule has 0 bridgehead atoms. The van der Waals surface area contributed by atoms with Crippen molar-refractivity contribution >= 4 is 33.2 Å². The number of halogens is 1. The first-order valence-electron chi connectivity index (χ1n) is 6.06. The molecule has 1 aromatic heterocycles. The second-order valence-electron chi connectivity index (χ2n) is 4.55. The normalized spacial score (nSPS) is 10.5. The van der Waals surface area contributed by atoms with Gasteiger partial charge in [-0.15, -0.1) is 0 Å². The summed E-state index contributed by atoms with van der Waals surface area (Å²) in [5.74, 6) is -0.412. The molecule has 1 N–H and O–H groups in total. The van der Waals surface area contributed by atoms with Gasteiger partial charge in [0, 0.05) is 18.7 Å². The van der Waals surface area contributed by atoms with E-state index in [1.54, 1.807) is 18.7 Å². The number of nitro benzene ring substituents is 1. The lowest BCUT2D eigenvalue weighted by atomic mass is 10.2. The van der Waals surface area contributed by atoms with Crippen molar-refractivity contribution in [1.82, 2.24) is 9.78 Å². The molecule has 7 nitrogen and oxygen atoms in total. The third-order valence-electron chi connectivity index (χ3n) is 3.15. The number of carbonyl (C=O) groups excluding carboxylic acids is 1. The second-order valence-corrected chi connectivity index (χ2v) is 5.40. The van der Waals surface area contributed by atoms with E-state index in [1.165, 1.54) is 18.2 Å². The average molecular weight is 353 g/mol. The number of hydrogen-bond acceptors (Lipinski definition) is 4. The molecule has 110 valence electrons. The summed E-state index contributed by atoms with van der Waals surface area (Å²) in [5.41, 5.74) is 2.19. The Balaban J connectivity index is 2.33. The second kappa shape index (κ2) is 5.65. The summed E-state index contributed by atoms with van der Waals surface area (Å²) >= 11 is 3.09. The fourth-order valence-electron chi connectivity index (χ4n) is 1.93. The van der Waals surface area contributed by atoms with Gasteiger partial charge in [-0.3, -0.25) is 19.6 Å². The van der Waals surface area contributed by atoms with E-state index in [1.807, 2.05) is 6.92 Å². The molecule has 0 radical (unpaired) electrons. The smallest absolute Gasteiger partial charge is 0.284 e. The van der Waals surface area contributed by atoms with Crippen molar-refractivity contribution in [2.75, 3.05) is 5.32 Å². The fraction of sp³-hybridized carbons (Fsp3) is 0.231. The summed E-state index contributed by atoms with van der Waals surface area (Å²) in [6.07, 6.45) is 0. The number of carbonyl (C=O) groups is 1. The highest BCUT2D eigenvalue weighted by Crippen LogP contribution is 2.26. The number of aromatic nitrogens is 2. The van der Waals surface area contributed by atoms with Crippen LogP contribution < -0.4 is 5.32 Å². The Morgan fingerprint density at radius 1 is 1.43 bits per heavy atom. The zero-order chi connectivity index (χ0) is 15.7. The van der Waals surface area contributed by atoms with Crippen LogP contribution in [0.1, 0.15) is 21.7 Å². The summed E-state index contributed by atoms with van der Waals surface area (Å²) in [7, 11) is 1.78. The average Bonchev–Trinajstić information content (AvgIpc) is 2.65. The van der Waals surface area contributed by atoms with Gasteiger partial charge in [-0.05, 0) is 41.9 Å². The van der Waals surface area contributed by atoms with Crippen molar-refractivity contribution in [2.45, 2.75) is 13.8 Å². The van der Waals surface area contributed by atoms with Crippen molar-refractivity contribution in [1.29, 1.82) is 0 Å². The molecule has 21 heavy (non-hydrogen) atoms. The zero-order valence-electron chi connectivity index (χ0n) is 11.7. The van der Waals surface area contributed by atoms with E-state index in [9.17, 15) is 14.9 Å². The minimum absolute atomic E-state index is 0.151. The highest BCUT2D eigenvalue weighted by molar-refractivity contribution is 9.10. The zero-order valence-corrected chi connectivity index (χ0v) is 13.3. The Labute approximate surface area is 129 Å². The largest absolute Gasteiger partial charge is 0.319 e. The fourth-order valence-corrected chi connectivity index (χ4v) is 2.33. The molecule has 0 spiro atoms. The van der Waals surface area contributed by atoms with E-state index in [-0.39, 0.29) is 11.3 Å². The number of anilines is 1. The lowest BCUT2D eigenvalue weighted by molar-refractivity contribution is -0.385. The monoisotopic (exact) mass is 352 g/mol. The number of aryl methyl sites for hydroxylation is 2. The van der Waals surface area contributed by atoms with Crippen molar-refractivity contribution in [2.24, 2.45) is 7.05 Å². The lowest BCUT2D eigenvalue weighted by Gasteiger charge is -2.06. The van der Waals surface area contributed by atoms with Crippen LogP contribution in [-0.2, 0) is 7.05 Å². The van der Waals surface area contributed by atoms with Crippen molar-refractivity contribution in [3.8, 4) is 0 Å². The van der Waals surface area contributed by atoms with Crippen LogP contribution >= 0.6 is 15.9 Å². The van der Waals surface area contributed by atoms with Gasteiger partial charge in [0.15, 0.2) is 0 Å². The van der Waals surface area contributed by atoms with Gasteiger partial charge < -0.3 is 5.32 Å². The van der Waals surface area contributed by atoms with Crippen LogP contribution in [0.4, 0.5) is 11.4 Å². The van der Waals surface area contributed by atoms with Crippen LogP contribution in [0, 0.1) is 24.0 Å². The molecule has 1 amide bonds. The highest BCUT2D eigenvalue weighted by Gasteiger charge is 2.18. The predicted molar refractivity (Wildman–Crippen MR) is 81.4 cm³/mol. The molecule has 1 aromatic carbocycles. The maximum atomic E-state index is 12.2. The molecule has 2 rings (SSSR count). The van der Waals surface area contributed by atoms with Gasteiger partial charge >= 0.3 is 0 Å². The van der Waals surface area contributed by atoms with Crippen molar-refractivity contribution in [3.63, 3.8) is 0 Å². The van der Waals surface area contributed by atoms with E-state index in [0.717, 1.165) is 5.69 Å². The molecular weight excluding hydrogens is 340 g/mol. The first kappa shape index (κ1) is 15.2. The Morgan fingerprint density at radius 2 is 2.10 bits per heavy atom. The van der Waals surface area contributed by atoms with Crippen molar-refractivity contribution in [3.05, 3.63) is 49.7 Å². The molecule has 0 aliphatic heterocycles. The minimum atomic E-state index is -0.540. The molecule has 0 aliphatic rings. The van der Waals surface area contributed by atoms with Crippen LogP contribution in [0.2, 0.25) is 0 Å². The van der Waals surface area contributed by atoms with Gasteiger partial charge in [-0.2, -0.15) is 5.10 Å². The van der Waals surface area contributed by atoms with E-state index in [4.69, 9.17) is 0 Å². The molecule has 0 saturated carbocycles. The van der Waals surface area contributed by atoms with Gasteiger partial charge in [-0.1, -0.05) is 0 Å². The molecule has 0 atom stereocenters. The van der Waals surface area contributed by atoms with Crippen molar-refractivity contribution < 1.29 is 9.72 Å². The Bertz CT molecular complexity index is 739. The van der Waals surface area contributed by atoms with Crippen LogP contribution in [0.3, 0.4) is 0 Å². The van der Waals surface area contributed by atoms with Gasteiger partial charge in [0.05, 0.1) is 26.5 Å². The lowest BCUT2D eigenvalue weighted by Crippen LogP contribution is -2.13.